The number of anilines is 2. The van der Waals surface area contributed by atoms with Gasteiger partial charge in [0.1, 0.15) is 5.69 Å². The Kier molecular flexibility index (Phi) is 7.70. The molecule has 198 valence electrons. The molecule has 12 heteroatoms. The third kappa shape index (κ3) is 6.36. The number of alkyl halides is 3. The van der Waals surface area contributed by atoms with Gasteiger partial charge in [0, 0.05) is 41.0 Å². The highest BCUT2D eigenvalue weighted by Gasteiger charge is 2.33. The van der Waals surface area contributed by atoms with E-state index in [4.69, 9.17) is 0 Å². The van der Waals surface area contributed by atoms with Crippen molar-refractivity contribution in [3.05, 3.63) is 70.1 Å². The maximum absolute atomic E-state index is 13.0. The SMILES string of the molecule is Cc1cc(Nc2nccc(C(F)(F)F)n2)cc(-c2cnc(C3CCC(C(=O)NCc4ccns4)CC3)s2)c1. The van der Waals surface area contributed by atoms with E-state index in [1.54, 1.807) is 17.5 Å². The van der Waals surface area contributed by atoms with Crippen LogP contribution in [0.15, 0.2) is 48.9 Å². The van der Waals surface area contributed by atoms with Crippen molar-refractivity contribution < 1.29 is 18.0 Å². The molecule has 3 heterocycles. The lowest BCUT2D eigenvalue weighted by atomic mass is 9.82. The third-order valence-electron chi connectivity index (χ3n) is 6.46. The maximum Gasteiger partial charge on any atom is 0.433 e. The quantitative estimate of drug-likeness (QED) is 0.262. The summed E-state index contributed by atoms with van der Waals surface area (Å²) in [6.45, 7) is 2.44. The zero-order valence-electron chi connectivity index (χ0n) is 20.5. The van der Waals surface area contributed by atoms with Gasteiger partial charge in [-0.1, -0.05) is 6.07 Å². The standard InChI is InChI=1S/C26H25F3N6OS2/c1-15-10-18(12-19(11-15)34-25-30-8-7-22(35-25)26(27,28)29)21-14-32-24(37-21)17-4-2-16(3-5-17)23(36)31-13-20-6-9-33-38-20/h6-12,14,16-17H,2-5,13H2,1H3,(H,31,36)(H,30,34,35). The van der Waals surface area contributed by atoms with Crippen LogP contribution < -0.4 is 10.6 Å². The van der Waals surface area contributed by atoms with Crippen LogP contribution in [-0.2, 0) is 17.5 Å². The minimum atomic E-state index is -4.54. The number of benzene rings is 1. The van der Waals surface area contributed by atoms with Gasteiger partial charge in [-0.3, -0.25) is 4.79 Å². The van der Waals surface area contributed by atoms with Crippen molar-refractivity contribution in [1.29, 1.82) is 0 Å². The van der Waals surface area contributed by atoms with Crippen molar-refractivity contribution in [1.82, 2.24) is 24.6 Å². The first-order valence-electron chi connectivity index (χ1n) is 12.2. The van der Waals surface area contributed by atoms with Gasteiger partial charge in [-0.05, 0) is 79.5 Å². The van der Waals surface area contributed by atoms with Gasteiger partial charge >= 0.3 is 6.18 Å². The van der Waals surface area contributed by atoms with Gasteiger partial charge in [-0.15, -0.1) is 11.3 Å². The molecule has 2 N–H and O–H groups in total. The molecule has 1 amide bonds. The zero-order chi connectivity index (χ0) is 26.7. The van der Waals surface area contributed by atoms with Gasteiger partial charge in [-0.25, -0.2) is 19.3 Å². The molecule has 3 aromatic heterocycles. The topological polar surface area (TPSA) is 92.7 Å². The van der Waals surface area contributed by atoms with E-state index >= 15 is 0 Å². The highest BCUT2D eigenvalue weighted by molar-refractivity contribution is 7.15. The Hall–Kier alpha value is -3.38. The minimum absolute atomic E-state index is 0.0158. The molecule has 5 rings (SSSR count). The summed E-state index contributed by atoms with van der Waals surface area (Å²) in [7, 11) is 0. The largest absolute Gasteiger partial charge is 0.433 e. The first kappa shape index (κ1) is 26.2. The first-order valence-corrected chi connectivity index (χ1v) is 13.8. The molecule has 0 aliphatic heterocycles. The third-order valence-corrected chi connectivity index (χ3v) is 8.41. The molecule has 1 aromatic carbocycles. The monoisotopic (exact) mass is 558 g/mol. The Bertz CT molecular complexity index is 1400. The van der Waals surface area contributed by atoms with Gasteiger partial charge in [0.15, 0.2) is 0 Å². The molecule has 38 heavy (non-hydrogen) atoms. The molecule has 0 atom stereocenters. The maximum atomic E-state index is 13.0. The predicted octanol–water partition coefficient (Wildman–Crippen LogP) is 6.72. The van der Waals surface area contributed by atoms with Gasteiger partial charge in [0.25, 0.3) is 0 Å². The highest BCUT2D eigenvalue weighted by Crippen LogP contribution is 2.40. The van der Waals surface area contributed by atoms with Gasteiger partial charge < -0.3 is 10.6 Å². The van der Waals surface area contributed by atoms with Crippen LogP contribution in [0.1, 0.15) is 52.7 Å². The van der Waals surface area contributed by atoms with Gasteiger partial charge in [0.05, 0.1) is 16.4 Å². The Morgan fingerprint density at radius 3 is 2.63 bits per heavy atom. The number of carbonyl (C=O) groups excluding carboxylic acids is 1. The Labute approximate surface area is 225 Å². The van der Waals surface area contributed by atoms with Crippen molar-refractivity contribution in [2.75, 3.05) is 5.32 Å². The summed E-state index contributed by atoms with van der Waals surface area (Å²) in [5.41, 5.74) is 1.46. The molecule has 4 aromatic rings. The van der Waals surface area contributed by atoms with Crippen LogP contribution in [0.2, 0.25) is 0 Å². The fourth-order valence-corrected chi connectivity index (χ4v) is 6.16. The minimum Gasteiger partial charge on any atom is -0.351 e. The first-order chi connectivity index (χ1) is 18.2. The molecule has 0 bridgehead atoms. The molecule has 1 aliphatic rings. The van der Waals surface area contributed by atoms with Crippen molar-refractivity contribution in [2.24, 2.45) is 5.92 Å². The van der Waals surface area contributed by atoms with Crippen LogP contribution in [0.5, 0.6) is 0 Å². The number of thiazole rings is 1. The van der Waals surface area contributed by atoms with E-state index in [2.05, 4.69) is 30.0 Å². The van der Waals surface area contributed by atoms with Crippen LogP contribution in [-0.4, -0.2) is 25.2 Å². The van der Waals surface area contributed by atoms with E-state index in [1.165, 1.54) is 11.5 Å². The number of halogens is 3. The number of carbonyl (C=O) groups is 1. The average Bonchev–Trinajstić information content (AvgIpc) is 3.59. The summed E-state index contributed by atoms with van der Waals surface area (Å²) >= 11 is 3.01. The van der Waals surface area contributed by atoms with Crippen molar-refractivity contribution >= 4 is 40.4 Å². The van der Waals surface area contributed by atoms with Crippen molar-refractivity contribution in [3.8, 4) is 10.4 Å². The lowest BCUT2D eigenvalue weighted by Crippen LogP contribution is -2.32. The molecule has 0 radical (unpaired) electrons. The number of aryl methyl sites for hydroxylation is 1. The lowest BCUT2D eigenvalue weighted by Gasteiger charge is -2.26. The molecule has 1 aliphatic carbocycles. The second kappa shape index (κ2) is 11.2. The summed E-state index contributed by atoms with van der Waals surface area (Å²) in [4.78, 5) is 26.8. The van der Waals surface area contributed by atoms with E-state index in [-0.39, 0.29) is 17.8 Å². The second-order valence-corrected chi connectivity index (χ2v) is 11.3. The van der Waals surface area contributed by atoms with E-state index in [0.29, 0.717) is 18.2 Å². The number of amides is 1. The Morgan fingerprint density at radius 2 is 1.89 bits per heavy atom. The molecule has 1 saturated carbocycles. The number of nitrogens with one attached hydrogen (secondary N) is 2. The van der Waals surface area contributed by atoms with Crippen LogP contribution >= 0.6 is 22.9 Å². The lowest BCUT2D eigenvalue weighted by molar-refractivity contribution is -0.141. The fourth-order valence-electron chi connectivity index (χ4n) is 4.57. The van der Waals surface area contributed by atoms with Crippen LogP contribution in [0, 0.1) is 12.8 Å². The Morgan fingerprint density at radius 1 is 1.08 bits per heavy atom. The molecular formula is C26H25F3N6OS2. The van der Waals surface area contributed by atoms with Gasteiger partial charge in [-0.2, -0.15) is 13.2 Å². The molecule has 0 spiro atoms. The van der Waals surface area contributed by atoms with E-state index in [1.807, 2.05) is 37.4 Å². The smallest absolute Gasteiger partial charge is 0.351 e. The Balaban J connectivity index is 1.22. The van der Waals surface area contributed by atoms with Crippen LogP contribution in [0.3, 0.4) is 0 Å². The molecule has 0 unspecified atom stereocenters. The number of hydrogen-bond acceptors (Lipinski definition) is 8. The normalized spacial score (nSPS) is 17.8. The summed E-state index contributed by atoms with van der Waals surface area (Å²) in [6.07, 6.45) is 3.57. The van der Waals surface area contributed by atoms with E-state index in [9.17, 15) is 18.0 Å². The summed E-state index contributed by atoms with van der Waals surface area (Å²) in [5.74, 6) is 0.303. The number of rotatable bonds is 7. The van der Waals surface area contributed by atoms with Crippen LogP contribution in [0.25, 0.3) is 10.4 Å². The second-order valence-electron chi connectivity index (χ2n) is 9.28. The number of hydrogen-bond donors (Lipinski definition) is 2. The molecule has 1 fully saturated rings. The molecule has 7 nitrogen and oxygen atoms in total. The van der Waals surface area contributed by atoms with Crippen LogP contribution in [0.4, 0.5) is 24.8 Å². The molecule has 0 saturated heterocycles. The molecular weight excluding hydrogens is 533 g/mol. The highest BCUT2D eigenvalue weighted by atomic mass is 32.1. The van der Waals surface area contributed by atoms with E-state index in [0.717, 1.165) is 63.8 Å². The van der Waals surface area contributed by atoms with Gasteiger partial charge in [0.2, 0.25) is 11.9 Å². The van der Waals surface area contributed by atoms with E-state index < -0.39 is 11.9 Å². The van der Waals surface area contributed by atoms with Crippen molar-refractivity contribution in [2.45, 2.75) is 51.2 Å². The summed E-state index contributed by atoms with van der Waals surface area (Å²) in [5, 5.41) is 6.96. The van der Waals surface area contributed by atoms with Crippen molar-refractivity contribution in [3.63, 3.8) is 0 Å². The summed E-state index contributed by atoms with van der Waals surface area (Å²) in [6, 6.07) is 8.46. The zero-order valence-corrected chi connectivity index (χ0v) is 22.1. The summed E-state index contributed by atoms with van der Waals surface area (Å²) < 4.78 is 43.1. The predicted molar refractivity (Wildman–Crippen MR) is 141 cm³/mol. The average molecular weight is 559 g/mol. The fraction of sp³-hybridized carbons (Fsp3) is 0.346. The number of nitrogens with zero attached hydrogens (tertiary/aromatic N) is 4. The number of aromatic nitrogens is 4.